The molecule has 0 amide bonds. The van der Waals surface area contributed by atoms with Crippen LogP contribution in [0.2, 0.25) is 5.02 Å². The van der Waals surface area contributed by atoms with Crippen LogP contribution in [0.25, 0.3) is 11.5 Å². The highest BCUT2D eigenvalue weighted by Crippen LogP contribution is 2.24. The molecule has 0 spiro atoms. The maximum atomic E-state index is 6.21. The van der Waals surface area contributed by atoms with E-state index in [9.17, 15) is 0 Å². The summed E-state index contributed by atoms with van der Waals surface area (Å²) in [5.74, 6) is 1.95. The molecular weight excluding hydrogens is 284 g/mol. The number of nitrogens with one attached hydrogen (secondary N) is 1. The normalized spacial score (nSPS) is 10.9. The van der Waals surface area contributed by atoms with Crippen molar-refractivity contribution in [2.45, 2.75) is 33.6 Å². The lowest BCUT2D eigenvalue weighted by atomic mass is 10.1. The maximum absolute atomic E-state index is 6.21. The predicted octanol–water partition coefficient (Wildman–Crippen LogP) is 4.21. The molecule has 0 saturated carbocycles. The number of hydrogen-bond acceptors (Lipinski definition) is 4. The molecule has 5 heteroatoms. The Hall–Kier alpha value is -1.68. The molecule has 0 radical (unpaired) electrons. The SMILES string of the molecule is CCCNc1cc(CC(C)C)nc(-c2ncccc2Cl)n1. The average molecular weight is 305 g/mol. The van der Waals surface area contributed by atoms with Crippen molar-refractivity contribution in [3.05, 3.63) is 35.1 Å². The minimum atomic E-state index is 0.533. The van der Waals surface area contributed by atoms with Gasteiger partial charge in [0.25, 0.3) is 0 Å². The second-order valence-electron chi connectivity index (χ2n) is 5.43. The molecule has 2 aromatic rings. The lowest BCUT2D eigenvalue weighted by molar-refractivity contribution is 0.634. The van der Waals surface area contributed by atoms with Crippen LogP contribution < -0.4 is 5.32 Å². The monoisotopic (exact) mass is 304 g/mol. The number of aromatic nitrogens is 3. The molecular formula is C16H21ClN4. The highest BCUT2D eigenvalue weighted by Gasteiger charge is 2.12. The lowest BCUT2D eigenvalue weighted by Crippen LogP contribution is -2.07. The van der Waals surface area contributed by atoms with Gasteiger partial charge in [-0.15, -0.1) is 0 Å². The number of hydrogen-bond donors (Lipinski definition) is 1. The molecule has 21 heavy (non-hydrogen) atoms. The summed E-state index contributed by atoms with van der Waals surface area (Å²) >= 11 is 6.21. The fourth-order valence-electron chi connectivity index (χ4n) is 2.02. The third-order valence-corrected chi connectivity index (χ3v) is 3.23. The zero-order valence-corrected chi connectivity index (χ0v) is 13.5. The molecule has 2 aromatic heterocycles. The molecule has 2 heterocycles. The molecule has 0 aliphatic heterocycles. The second kappa shape index (κ2) is 7.36. The lowest BCUT2D eigenvalue weighted by Gasteiger charge is -2.11. The van der Waals surface area contributed by atoms with E-state index in [1.54, 1.807) is 12.3 Å². The van der Waals surface area contributed by atoms with Crippen LogP contribution in [-0.2, 0) is 6.42 Å². The highest BCUT2D eigenvalue weighted by atomic mass is 35.5. The van der Waals surface area contributed by atoms with Crippen molar-refractivity contribution in [2.75, 3.05) is 11.9 Å². The van der Waals surface area contributed by atoms with Gasteiger partial charge in [-0.2, -0.15) is 0 Å². The molecule has 0 aliphatic rings. The first-order valence-electron chi connectivity index (χ1n) is 7.33. The minimum Gasteiger partial charge on any atom is -0.370 e. The predicted molar refractivity (Wildman–Crippen MR) is 87.6 cm³/mol. The Bertz CT molecular complexity index is 599. The van der Waals surface area contributed by atoms with E-state index in [-0.39, 0.29) is 0 Å². The van der Waals surface area contributed by atoms with Gasteiger partial charge in [-0.3, -0.25) is 4.98 Å². The van der Waals surface area contributed by atoms with Crippen molar-refractivity contribution in [1.29, 1.82) is 0 Å². The Labute approximate surface area is 131 Å². The summed E-state index contributed by atoms with van der Waals surface area (Å²) in [5.41, 5.74) is 1.64. The number of rotatable bonds is 6. The van der Waals surface area contributed by atoms with E-state index in [1.165, 1.54) is 0 Å². The Morgan fingerprint density at radius 3 is 2.76 bits per heavy atom. The van der Waals surface area contributed by atoms with E-state index in [4.69, 9.17) is 11.6 Å². The van der Waals surface area contributed by atoms with E-state index in [0.29, 0.717) is 22.5 Å². The van der Waals surface area contributed by atoms with E-state index in [0.717, 1.165) is 30.9 Å². The highest BCUT2D eigenvalue weighted by molar-refractivity contribution is 6.32. The summed E-state index contributed by atoms with van der Waals surface area (Å²) < 4.78 is 0. The number of halogens is 1. The van der Waals surface area contributed by atoms with E-state index in [2.05, 4.69) is 41.0 Å². The van der Waals surface area contributed by atoms with Crippen LogP contribution >= 0.6 is 11.6 Å². The molecule has 0 saturated heterocycles. The summed E-state index contributed by atoms with van der Waals surface area (Å²) in [6.45, 7) is 7.36. The quantitative estimate of drug-likeness (QED) is 0.868. The number of anilines is 1. The van der Waals surface area contributed by atoms with E-state index in [1.807, 2.05) is 12.1 Å². The summed E-state index contributed by atoms with van der Waals surface area (Å²) in [6.07, 6.45) is 3.66. The van der Waals surface area contributed by atoms with Crippen LogP contribution in [0, 0.1) is 5.92 Å². The Kier molecular flexibility index (Phi) is 5.51. The molecule has 1 N–H and O–H groups in total. The van der Waals surface area contributed by atoms with Gasteiger partial charge in [0.2, 0.25) is 0 Å². The molecule has 0 aliphatic carbocycles. The van der Waals surface area contributed by atoms with Crippen molar-refractivity contribution in [2.24, 2.45) is 5.92 Å². The first kappa shape index (κ1) is 15.7. The van der Waals surface area contributed by atoms with Gasteiger partial charge in [0, 0.05) is 24.5 Å². The molecule has 0 fully saturated rings. The standard InChI is InChI=1S/C16H21ClN4/c1-4-7-18-14-10-12(9-11(2)3)20-16(21-14)15-13(17)6-5-8-19-15/h5-6,8,10-11H,4,7,9H2,1-3H3,(H,18,20,21). The molecule has 0 unspecified atom stereocenters. The van der Waals surface area contributed by atoms with Crippen LogP contribution in [0.3, 0.4) is 0 Å². The summed E-state index contributed by atoms with van der Waals surface area (Å²) in [5, 5.41) is 3.89. The molecule has 2 rings (SSSR count). The fourth-order valence-corrected chi connectivity index (χ4v) is 2.23. The Morgan fingerprint density at radius 2 is 2.10 bits per heavy atom. The van der Waals surface area contributed by atoms with Gasteiger partial charge in [0.15, 0.2) is 5.82 Å². The van der Waals surface area contributed by atoms with Crippen molar-refractivity contribution in [3.63, 3.8) is 0 Å². The van der Waals surface area contributed by atoms with E-state index < -0.39 is 0 Å². The second-order valence-corrected chi connectivity index (χ2v) is 5.83. The summed E-state index contributed by atoms with van der Waals surface area (Å²) in [6, 6.07) is 5.62. The van der Waals surface area contributed by atoms with Crippen LogP contribution in [0.15, 0.2) is 24.4 Å². The summed E-state index contributed by atoms with van der Waals surface area (Å²) in [7, 11) is 0. The topological polar surface area (TPSA) is 50.7 Å². The first-order chi connectivity index (χ1) is 10.1. The minimum absolute atomic E-state index is 0.533. The molecule has 112 valence electrons. The van der Waals surface area contributed by atoms with Gasteiger partial charge in [0.1, 0.15) is 11.5 Å². The van der Waals surface area contributed by atoms with Gasteiger partial charge in [0.05, 0.1) is 5.02 Å². The third-order valence-electron chi connectivity index (χ3n) is 2.92. The smallest absolute Gasteiger partial charge is 0.181 e. The Morgan fingerprint density at radius 1 is 1.29 bits per heavy atom. The van der Waals surface area contributed by atoms with Gasteiger partial charge in [-0.25, -0.2) is 9.97 Å². The number of nitrogens with zero attached hydrogens (tertiary/aromatic N) is 3. The number of pyridine rings is 1. The third kappa shape index (κ3) is 4.39. The van der Waals surface area contributed by atoms with Crippen LogP contribution in [0.1, 0.15) is 32.9 Å². The van der Waals surface area contributed by atoms with Gasteiger partial charge in [-0.05, 0) is 30.9 Å². The van der Waals surface area contributed by atoms with Crippen molar-refractivity contribution in [3.8, 4) is 11.5 Å². The van der Waals surface area contributed by atoms with Crippen LogP contribution in [0.4, 0.5) is 5.82 Å². The van der Waals surface area contributed by atoms with Gasteiger partial charge in [-0.1, -0.05) is 32.4 Å². The molecule has 0 aromatic carbocycles. The van der Waals surface area contributed by atoms with Crippen LogP contribution in [-0.4, -0.2) is 21.5 Å². The molecule has 4 nitrogen and oxygen atoms in total. The van der Waals surface area contributed by atoms with Crippen LogP contribution in [0.5, 0.6) is 0 Å². The zero-order chi connectivity index (χ0) is 15.2. The fraction of sp³-hybridized carbons (Fsp3) is 0.438. The zero-order valence-electron chi connectivity index (χ0n) is 12.7. The van der Waals surface area contributed by atoms with Gasteiger partial charge < -0.3 is 5.32 Å². The van der Waals surface area contributed by atoms with Crippen molar-refractivity contribution < 1.29 is 0 Å². The van der Waals surface area contributed by atoms with Gasteiger partial charge >= 0.3 is 0 Å². The molecule has 0 atom stereocenters. The molecule has 0 bridgehead atoms. The maximum Gasteiger partial charge on any atom is 0.181 e. The average Bonchev–Trinajstić information content (AvgIpc) is 2.44. The van der Waals surface area contributed by atoms with Crippen molar-refractivity contribution >= 4 is 17.4 Å². The Balaban J connectivity index is 2.41. The first-order valence-corrected chi connectivity index (χ1v) is 7.70. The largest absolute Gasteiger partial charge is 0.370 e. The summed E-state index contributed by atoms with van der Waals surface area (Å²) in [4.78, 5) is 13.5. The van der Waals surface area contributed by atoms with E-state index >= 15 is 0 Å². The van der Waals surface area contributed by atoms with Crippen molar-refractivity contribution in [1.82, 2.24) is 15.0 Å².